The average Bonchev–Trinajstić information content (AvgIpc) is 2.30. The van der Waals surface area contributed by atoms with E-state index >= 15 is 0 Å². The van der Waals surface area contributed by atoms with E-state index in [1.807, 2.05) is 0 Å². The van der Waals surface area contributed by atoms with Crippen molar-refractivity contribution in [3.63, 3.8) is 0 Å². The largest absolute Gasteiger partial charge is 0.0786 e. The van der Waals surface area contributed by atoms with E-state index in [9.17, 15) is 0 Å². The maximum Gasteiger partial charge on any atom is 0.0660 e. The third kappa shape index (κ3) is 3.11. The number of alkyl halides is 1. The second-order valence-corrected chi connectivity index (χ2v) is 6.97. The summed E-state index contributed by atoms with van der Waals surface area (Å²) in [6.45, 7) is 8.65. The van der Waals surface area contributed by atoms with E-state index in [0.717, 1.165) is 4.47 Å². The fourth-order valence-corrected chi connectivity index (χ4v) is 4.49. The van der Waals surface area contributed by atoms with Crippen molar-refractivity contribution in [3.8, 4) is 0 Å². The minimum Gasteiger partial charge on any atom is -0.0786 e. The van der Waals surface area contributed by atoms with Gasteiger partial charge in [-0.1, -0.05) is 67.3 Å². The molecule has 2 aromatic rings. The summed E-state index contributed by atoms with van der Waals surface area (Å²) in [5.74, 6) is 0. The molecule has 1 atom stereocenters. The van der Waals surface area contributed by atoms with Gasteiger partial charge in [0.1, 0.15) is 0 Å². The second kappa shape index (κ2) is 5.80. The SMILES string of the molecule is Cc1cc(C)c(C(Br)c2cc(C)ccc2Br)c(C)c1. The molecule has 0 spiro atoms. The van der Waals surface area contributed by atoms with Gasteiger partial charge in [0.15, 0.2) is 0 Å². The molecule has 0 nitrogen and oxygen atoms in total. The van der Waals surface area contributed by atoms with E-state index in [4.69, 9.17) is 0 Å². The van der Waals surface area contributed by atoms with Gasteiger partial charge in [0.25, 0.3) is 0 Å². The minimum absolute atomic E-state index is 0.224. The first kappa shape index (κ1) is 14.8. The van der Waals surface area contributed by atoms with Gasteiger partial charge in [0.2, 0.25) is 0 Å². The van der Waals surface area contributed by atoms with Gasteiger partial charge >= 0.3 is 0 Å². The maximum atomic E-state index is 3.88. The predicted octanol–water partition coefficient (Wildman–Crippen LogP) is 6.17. The molecule has 2 heteroatoms. The summed E-state index contributed by atoms with van der Waals surface area (Å²) in [4.78, 5) is 0.224. The molecule has 0 N–H and O–H groups in total. The van der Waals surface area contributed by atoms with Crippen molar-refractivity contribution in [1.82, 2.24) is 0 Å². The van der Waals surface area contributed by atoms with Crippen LogP contribution in [0.3, 0.4) is 0 Å². The van der Waals surface area contributed by atoms with Crippen LogP contribution in [-0.2, 0) is 0 Å². The molecular weight excluding hydrogens is 364 g/mol. The minimum atomic E-state index is 0.224. The molecule has 0 saturated heterocycles. The molecule has 0 aliphatic heterocycles. The van der Waals surface area contributed by atoms with Crippen LogP contribution in [0.15, 0.2) is 34.8 Å². The molecule has 2 rings (SSSR count). The Morgan fingerprint density at radius 3 is 2.00 bits per heavy atom. The molecule has 0 aliphatic carbocycles. The zero-order valence-electron chi connectivity index (χ0n) is 11.7. The van der Waals surface area contributed by atoms with Crippen molar-refractivity contribution in [2.75, 3.05) is 0 Å². The van der Waals surface area contributed by atoms with Crippen molar-refractivity contribution in [1.29, 1.82) is 0 Å². The first-order valence-corrected chi connectivity index (χ1v) is 8.09. The zero-order valence-corrected chi connectivity index (χ0v) is 14.9. The molecule has 0 aliphatic rings. The Labute approximate surface area is 132 Å². The normalized spacial score (nSPS) is 12.5. The predicted molar refractivity (Wildman–Crippen MR) is 90.3 cm³/mol. The summed E-state index contributed by atoms with van der Waals surface area (Å²) in [7, 11) is 0. The number of rotatable bonds is 2. The fourth-order valence-electron chi connectivity index (χ4n) is 2.60. The van der Waals surface area contributed by atoms with Crippen molar-refractivity contribution in [2.45, 2.75) is 32.5 Å². The van der Waals surface area contributed by atoms with Crippen LogP contribution in [0.1, 0.15) is 38.2 Å². The summed E-state index contributed by atoms with van der Waals surface area (Å²) >= 11 is 7.54. The van der Waals surface area contributed by atoms with Crippen LogP contribution in [0.25, 0.3) is 0 Å². The highest BCUT2D eigenvalue weighted by atomic mass is 79.9. The van der Waals surface area contributed by atoms with Crippen LogP contribution in [0.2, 0.25) is 0 Å². The standard InChI is InChI=1S/C17H18Br2/c1-10-5-6-15(18)14(9-10)17(19)16-12(3)7-11(2)8-13(16)4/h5-9,17H,1-4H3. The topological polar surface area (TPSA) is 0 Å². The third-order valence-corrected chi connectivity index (χ3v) is 5.09. The van der Waals surface area contributed by atoms with Crippen molar-refractivity contribution >= 4 is 31.9 Å². The third-order valence-electron chi connectivity index (χ3n) is 3.42. The van der Waals surface area contributed by atoms with Crippen LogP contribution in [0.4, 0.5) is 0 Å². The number of benzene rings is 2. The summed E-state index contributed by atoms with van der Waals surface area (Å²) in [5, 5.41) is 0. The number of aryl methyl sites for hydroxylation is 4. The van der Waals surface area contributed by atoms with Crippen molar-refractivity contribution in [2.24, 2.45) is 0 Å². The van der Waals surface area contributed by atoms with Gasteiger partial charge in [0, 0.05) is 4.47 Å². The molecular formula is C17H18Br2. The number of hydrogen-bond acceptors (Lipinski definition) is 0. The van der Waals surface area contributed by atoms with Crippen molar-refractivity contribution < 1.29 is 0 Å². The second-order valence-electron chi connectivity index (χ2n) is 5.20. The van der Waals surface area contributed by atoms with Gasteiger partial charge in [-0.25, -0.2) is 0 Å². The molecule has 19 heavy (non-hydrogen) atoms. The molecule has 0 radical (unpaired) electrons. The maximum absolute atomic E-state index is 3.88. The quantitative estimate of drug-likeness (QED) is 0.546. The Kier molecular flexibility index (Phi) is 4.52. The van der Waals surface area contributed by atoms with Gasteiger partial charge in [-0.2, -0.15) is 0 Å². The van der Waals surface area contributed by atoms with E-state index in [2.05, 4.69) is 89.9 Å². The molecule has 0 fully saturated rings. The molecule has 0 bridgehead atoms. The van der Waals surface area contributed by atoms with E-state index in [-0.39, 0.29) is 4.83 Å². The van der Waals surface area contributed by atoms with Crippen LogP contribution in [-0.4, -0.2) is 0 Å². The van der Waals surface area contributed by atoms with Gasteiger partial charge in [-0.15, -0.1) is 0 Å². The highest BCUT2D eigenvalue weighted by Gasteiger charge is 2.18. The Morgan fingerprint density at radius 1 is 0.842 bits per heavy atom. The van der Waals surface area contributed by atoms with Gasteiger partial charge in [-0.3, -0.25) is 0 Å². The monoisotopic (exact) mass is 380 g/mol. The van der Waals surface area contributed by atoms with E-state index < -0.39 is 0 Å². The lowest BCUT2D eigenvalue weighted by Crippen LogP contribution is -2.01. The Bertz CT molecular complexity index is 592. The molecule has 100 valence electrons. The highest BCUT2D eigenvalue weighted by Crippen LogP contribution is 2.39. The summed E-state index contributed by atoms with van der Waals surface area (Å²) < 4.78 is 1.15. The molecule has 0 heterocycles. The summed E-state index contributed by atoms with van der Waals surface area (Å²) in [6.07, 6.45) is 0. The fraction of sp³-hybridized carbons (Fsp3) is 0.294. The van der Waals surface area contributed by atoms with Gasteiger partial charge in [0.05, 0.1) is 4.83 Å². The Balaban J connectivity index is 2.56. The van der Waals surface area contributed by atoms with Crippen molar-refractivity contribution in [3.05, 3.63) is 68.2 Å². The van der Waals surface area contributed by atoms with E-state index in [0.29, 0.717) is 0 Å². The summed E-state index contributed by atoms with van der Waals surface area (Å²) in [5.41, 5.74) is 7.94. The Hall–Kier alpha value is -0.600. The van der Waals surface area contributed by atoms with Gasteiger partial charge < -0.3 is 0 Å². The van der Waals surface area contributed by atoms with Crippen LogP contribution in [0.5, 0.6) is 0 Å². The molecule has 0 aromatic heterocycles. The Morgan fingerprint density at radius 2 is 1.42 bits per heavy atom. The zero-order chi connectivity index (χ0) is 14.2. The highest BCUT2D eigenvalue weighted by molar-refractivity contribution is 9.11. The lowest BCUT2D eigenvalue weighted by atomic mass is 9.93. The lowest BCUT2D eigenvalue weighted by Gasteiger charge is -2.19. The number of halogens is 2. The number of hydrogen-bond donors (Lipinski definition) is 0. The van der Waals surface area contributed by atoms with Gasteiger partial charge in [-0.05, 0) is 56.0 Å². The average molecular weight is 382 g/mol. The molecule has 2 aromatic carbocycles. The van der Waals surface area contributed by atoms with Crippen LogP contribution < -0.4 is 0 Å². The first-order valence-electron chi connectivity index (χ1n) is 6.38. The van der Waals surface area contributed by atoms with E-state index in [1.54, 1.807) is 0 Å². The van der Waals surface area contributed by atoms with Crippen LogP contribution in [0, 0.1) is 27.7 Å². The summed E-state index contributed by atoms with van der Waals surface area (Å²) in [6, 6.07) is 11.0. The molecule has 0 saturated carbocycles. The molecule has 0 amide bonds. The van der Waals surface area contributed by atoms with E-state index in [1.165, 1.54) is 33.4 Å². The molecule has 1 unspecified atom stereocenters. The first-order chi connectivity index (χ1) is 8.90. The van der Waals surface area contributed by atoms with Crippen LogP contribution >= 0.6 is 31.9 Å². The lowest BCUT2D eigenvalue weighted by molar-refractivity contribution is 1.09. The smallest absolute Gasteiger partial charge is 0.0660 e.